The minimum absolute atomic E-state index is 0.398. The molecule has 1 saturated heterocycles. The van der Waals surface area contributed by atoms with E-state index in [-0.39, 0.29) is 0 Å². The van der Waals surface area contributed by atoms with Crippen molar-refractivity contribution in [3.8, 4) is 0 Å². The van der Waals surface area contributed by atoms with Gasteiger partial charge < -0.3 is 10.5 Å². The van der Waals surface area contributed by atoms with Gasteiger partial charge in [-0.15, -0.1) is 0 Å². The molecule has 100 valence electrons. The summed E-state index contributed by atoms with van der Waals surface area (Å²) in [7, 11) is 0. The molecule has 0 aromatic heterocycles. The second-order valence-corrected chi connectivity index (χ2v) is 5.61. The molecule has 17 heavy (non-hydrogen) atoms. The third kappa shape index (κ3) is 2.83. The molecule has 0 aromatic rings. The summed E-state index contributed by atoms with van der Waals surface area (Å²) >= 11 is 0. The first-order valence-corrected chi connectivity index (χ1v) is 7.35. The van der Waals surface area contributed by atoms with E-state index in [0.717, 1.165) is 19.7 Å². The van der Waals surface area contributed by atoms with E-state index in [1.807, 2.05) is 0 Å². The van der Waals surface area contributed by atoms with Crippen molar-refractivity contribution in [1.29, 1.82) is 0 Å². The fourth-order valence-electron chi connectivity index (χ4n) is 3.77. The molecular weight excluding hydrogens is 212 g/mol. The van der Waals surface area contributed by atoms with Gasteiger partial charge in [-0.05, 0) is 45.2 Å². The number of likely N-dealkylation sites (N-methyl/N-ethyl adjacent to an activating group) is 1. The fourth-order valence-corrected chi connectivity index (χ4v) is 3.77. The van der Waals surface area contributed by atoms with Crippen molar-refractivity contribution in [2.24, 2.45) is 11.7 Å². The quantitative estimate of drug-likeness (QED) is 0.817. The van der Waals surface area contributed by atoms with Gasteiger partial charge in [0.25, 0.3) is 0 Å². The lowest BCUT2D eigenvalue weighted by molar-refractivity contribution is 0.0270. The van der Waals surface area contributed by atoms with Gasteiger partial charge in [0, 0.05) is 18.7 Å². The van der Waals surface area contributed by atoms with Crippen LogP contribution in [-0.2, 0) is 4.74 Å². The third-order valence-corrected chi connectivity index (χ3v) is 4.73. The predicted octanol–water partition coefficient (Wildman–Crippen LogP) is 2.00. The number of nitrogens with zero attached hydrogens (tertiary/aromatic N) is 1. The van der Waals surface area contributed by atoms with Gasteiger partial charge in [0.2, 0.25) is 0 Å². The first-order valence-electron chi connectivity index (χ1n) is 7.35. The van der Waals surface area contributed by atoms with Crippen LogP contribution < -0.4 is 5.73 Å². The van der Waals surface area contributed by atoms with Crippen LogP contribution in [0.15, 0.2) is 0 Å². The first-order chi connectivity index (χ1) is 8.27. The Morgan fingerprint density at radius 2 is 1.94 bits per heavy atom. The fraction of sp³-hybridized carbons (Fsp3) is 1.00. The third-order valence-electron chi connectivity index (χ3n) is 4.73. The Balaban J connectivity index is 2.04. The van der Waals surface area contributed by atoms with Crippen LogP contribution in [0, 0.1) is 5.92 Å². The van der Waals surface area contributed by atoms with Crippen molar-refractivity contribution in [3.05, 3.63) is 0 Å². The van der Waals surface area contributed by atoms with Crippen LogP contribution in [0.25, 0.3) is 0 Å². The highest BCUT2D eigenvalue weighted by atomic mass is 16.5. The zero-order valence-electron chi connectivity index (χ0n) is 11.4. The van der Waals surface area contributed by atoms with Crippen LogP contribution in [0.4, 0.5) is 0 Å². The van der Waals surface area contributed by atoms with Gasteiger partial charge in [-0.1, -0.05) is 19.8 Å². The largest absolute Gasteiger partial charge is 0.377 e. The lowest BCUT2D eigenvalue weighted by Crippen LogP contribution is -2.51. The summed E-state index contributed by atoms with van der Waals surface area (Å²) in [6.07, 6.45) is 6.99. The Labute approximate surface area is 106 Å². The van der Waals surface area contributed by atoms with Crippen molar-refractivity contribution in [3.63, 3.8) is 0 Å². The van der Waals surface area contributed by atoms with Crippen LogP contribution in [0.2, 0.25) is 0 Å². The van der Waals surface area contributed by atoms with Gasteiger partial charge in [-0.2, -0.15) is 0 Å². The van der Waals surface area contributed by atoms with Crippen molar-refractivity contribution < 1.29 is 4.74 Å². The van der Waals surface area contributed by atoms with E-state index >= 15 is 0 Å². The standard InChI is InChI=1S/C14H28N2O/c1-3-16(13-8-9-17-11(13)2)14-7-5-4-6-12(14)10-15/h11-14H,3-10,15H2,1-2H3. The maximum Gasteiger partial charge on any atom is 0.0703 e. The molecule has 1 aliphatic heterocycles. The van der Waals surface area contributed by atoms with Gasteiger partial charge in [-0.3, -0.25) is 4.90 Å². The van der Waals surface area contributed by atoms with E-state index in [2.05, 4.69) is 18.7 Å². The van der Waals surface area contributed by atoms with Crippen molar-refractivity contribution >= 4 is 0 Å². The summed E-state index contributed by atoms with van der Waals surface area (Å²) in [6.45, 7) is 7.43. The topological polar surface area (TPSA) is 38.5 Å². The molecule has 4 atom stereocenters. The van der Waals surface area contributed by atoms with Crippen molar-refractivity contribution in [2.45, 2.75) is 64.1 Å². The van der Waals surface area contributed by atoms with Crippen LogP contribution in [-0.4, -0.2) is 42.8 Å². The summed E-state index contributed by atoms with van der Waals surface area (Å²) in [4.78, 5) is 2.69. The maximum absolute atomic E-state index is 5.96. The molecule has 1 aliphatic carbocycles. The second-order valence-electron chi connectivity index (χ2n) is 5.61. The highest BCUT2D eigenvalue weighted by Gasteiger charge is 2.36. The Morgan fingerprint density at radius 3 is 2.53 bits per heavy atom. The summed E-state index contributed by atoms with van der Waals surface area (Å²) in [6, 6.07) is 1.32. The number of nitrogens with two attached hydrogens (primary N) is 1. The molecule has 2 N–H and O–H groups in total. The second kappa shape index (κ2) is 6.17. The predicted molar refractivity (Wildman–Crippen MR) is 71.0 cm³/mol. The van der Waals surface area contributed by atoms with Gasteiger partial charge in [0.1, 0.15) is 0 Å². The zero-order chi connectivity index (χ0) is 12.3. The molecule has 2 aliphatic rings. The molecular formula is C14H28N2O. The molecule has 1 heterocycles. The molecule has 4 unspecified atom stereocenters. The minimum Gasteiger partial charge on any atom is -0.377 e. The monoisotopic (exact) mass is 240 g/mol. The number of hydrogen-bond acceptors (Lipinski definition) is 3. The molecule has 1 saturated carbocycles. The number of hydrogen-bond donors (Lipinski definition) is 1. The normalized spacial score (nSPS) is 38.8. The lowest BCUT2D eigenvalue weighted by Gasteiger charge is -2.43. The van der Waals surface area contributed by atoms with E-state index in [9.17, 15) is 0 Å². The van der Waals surface area contributed by atoms with E-state index < -0.39 is 0 Å². The molecule has 0 bridgehead atoms. The van der Waals surface area contributed by atoms with Gasteiger partial charge in [-0.25, -0.2) is 0 Å². The smallest absolute Gasteiger partial charge is 0.0703 e. The molecule has 0 aromatic carbocycles. The van der Waals surface area contributed by atoms with E-state index in [0.29, 0.717) is 24.1 Å². The van der Waals surface area contributed by atoms with Crippen molar-refractivity contribution in [2.75, 3.05) is 19.7 Å². The highest BCUT2D eigenvalue weighted by molar-refractivity contribution is 4.90. The lowest BCUT2D eigenvalue weighted by atomic mass is 9.82. The van der Waals surface area contributed by atoms with Gasteiger partial charge in [0.05, 0.1) is 6.10 Å². The van der Waals surface area contributed by atoms with Gasteiger partial charge in [0.15, 0.2) is 0 Å². The van der Waals surface area contributed by atoms with Crippen LogP contribution in [0.5, 0.6) is 0 Å². The Morgan fingerprint density at radius 1 is 1.18 bits per heavy atom. The molecule has 2 rings (SSSR count). The van der Waals surface area contributed by atoms with Crippen LogP contribution in [0.1, 0.15) is 46.0 Å². The average Bonchev–Trinajstić information content (AvgIpc) is 2.78. The molecule has 0 amide bonds. The molecule has 3 nitrogen and oxygen atoms in total. The molecule has 0 spiro atoms. The van der Waals surface area contributed by atoms with Crippen molar-refractivity contribution in [1.82, 2.24) is 4.90 Å². The Bertz CT molecular complexity index is 234. The summed E-state index contributed by atoms with van der Waals surface area (Å²) in [5.41, 5.74) is 5.96. The Hall–Kier alpha value is -0.120. The summed E-state index contributed by atoms with van der Waals surface area (Å²) in [5, 5.41) is 0. The van der Waals surface area contributed by atoms with E-state index in [1.165, 1.54) is 32.1 Å². The molecule has 3 heteroatoms. The van der Waals surface area contributed by atoms with Crippen LogP contribution >= 0.6 is 0 Å². The zero-order valence-corrected chi connectivity index (χ0v) is 11.4. The average molecular weight is 240 g/mol. The number of ether oxygens (including phenoxy) is 1. The maximum atomic E-state index is 5.96. The summed E-state index contributed by atoms with van der Waals surface area (Å²) < 4.78 is 5.74. The molecule has 2 fully saturated rings. The van der Waals surface area contributed by atoms with E-state index in [1.54, 1.807) is 0 Å². The molecule has 0 radical (unpaired) electrons. The van der Waals surface area contributed by atoms with Gasteiger partial charge >= 0.3 is 0 Å². The minimum atomic E-state index is 0.398. The SMILES string of the molecule is CCN(C1CCCCC1CN)C1CCOC1C. The van der Waals surface area contributed by atoms with E-state index in [4.69, 9.17) is 10.5 Å². The number of rotatable bonds is 4. The first kappa shape index (κ1) is 13.3. The summed E-state index contributed by atoms with van der Waals surface area (Å²) in [5.74, 6) is 0.705. The Kier molecular flexibility index (Phi) is 4.83. The highest BCUT2D eigenvalue weighted by Crippen LogP contribution is 2.32. The van der Waals surface area contributed by atoms with Crippen LogP contribution in [0.3, 0.4) is 0 Å².